The van der Waals surface area contributed by atoms with Gasteiger partial charge in [-0.25, -0.2) is 0 Å². The molecule has 2 aromatic heterocycles. The van der Waals surface area contributed by atoms with E-state index in [1.165, 1.54) is 0 Å². The van der Waals surface area contributed by atoms with Crippen LogP contribution in [0.25, 0.3) is 10.9 Å². The highest BCUT2D eigenvalue weighted by Gasteiger charge is 2.14. The topological polar surface area (TPSA) is 49.0 Å². The van der Waals surface area contributed by atoms with E-state index in [1.54, 1.807) is 12.4 Å². The minimum absolute atomic E-state index is 0.676. The lowest BCUT2D eigenvalue weighted by molar-refractivity contribution is 0.112. The van der Waals surface area contributed by atoms with Gasteiger partial charge in [0, 0.05) is 36.0 Å². The molecule has 1 N–H and O–H groups in total. The molecule has 0 fully saturated rings. The zero-order chi connectivity index (χ0) is 13.2. The van der Waals surface area contributed by atoms with Gasteiger partial charge >= 0.3 is 0 Å². The third kappa shape index (κ3) is 1.87. The number of nitrogens with one attached hydrogen (secondary N) is 1. The second kappa shape index (κ2) is 4.57. The van der Waals surface area contributed by atoms with Crippen molar-refractivity contribution in [3.05, 3.63) is 54.4 Å². The largest absolute Gasteiger partial charge is 0.341 e. The van der Waals surface area contributed by atoms with Gasteiger partial charge in [0.1, 0.15) is 5.82 Å². The summed E-state index contributed by atoms with van der Waals surface area (Å²) in [5.41, 5.74) is 2.61. The standard InChI is InChI=1S/C15H13N3O/c1-18(11-6-8-16-9-7-11)15-13(10-19)12-4-2-3-5-14(12)17-15/h2-10,17H,1H3. The average molecular weight is 251 g/mol. The fraction of sp³-hybridized carbons (Fsp3) is 0.0667. The molecule has 0 aliphatic carbocycles. The lowest BCUT2D eigenvalue weighted by atomic mass is 10.2. The number of pyridine rings is 1. The Morgan fingerprint density at radius 1 is 1.16 bits per heavy atom. The third-order valence-corrected chi connectivity index (χ3v) is 3.23. The van der Waals surface area contributed by atoms with E-state index < -0.39 is 0 Å². The summed E-state index contributed by atoms with van der Waals surface area (Å²) in [4.78, 5) is 20.6. The van der Waals surface area contributed by atoms with Gasteiger partial charge in [0.25, 0.3) is 0 Å². The van der Waals surface area contributed by atoms with Crippen LogP contribution in [0.3, 0.4) is 0 Å². The first-order valence-electron chi connectivity index (χ1n) is 6.01. The molecule has 0 bridgehead atoms. The quantitative estimate of drug-likeness (QED) is 0.727. The van der Waals surface area contributed by atoms with E-state index in [9.17, 15) is 4.79 Å². The number of carbonyl (C=O) groups excluding carboxylic acids is 1. The van der Waals surface area contributed by atoms with Gasteiger partial charge in [-0.05, 0) is 18.2 Å². The lowest BCUT2D eigenvalue weighted by Crippen LogP contribution is -2.11. The molecule has 0 amide bonds. The number of aromatic amines is 1. The number of aldehydes is 1. The van der Waals surface area contributed by atoms with Crippen molar-refractivity contribution >= 4 is 28.7 Å². The Hall–Kier alpha value is -2.62. The van der Waals surface area contributed by atoms with Crippen LogP contribution < -0.4 is 4.90 Å². The van der Waals surface area contributed by atoms with Gasteiger partial charge in [0.2, 0.25) is 0 Å². The number of aromatic nitrogens is 2. The van der Waals surface area contributed by atoms with Crippen molar-refractivity contribution in [1.29, 1.82) is 0 Å². The van der Waals surface area contributed by atoms with E-state index in [4.69, 9.17) is 0 Å². The number of nitrogens with zero attached hydrogens (tertiary/aromatic N) is 2. The van der Waals surface area contributed by atoms with Crippen LogP contribution in [0.2, 0.25) is 0 Å². The Bertz CT molecular complexity index is 719. The Kier molecular flexibility index (Phi) is 2.76. The number of fused-ring (bicyclic) bond motifs is 1. The summed E-state index contributed by atoms with van der Waals surface area (Å²) >= 11 is 0. The molecule has 0 atom stereocenters. The van der Waals surface area contributed by atoms with Crippen molar-refractivity contribution in [3.8, 4) is 0 Å². The summed E-state index contributed by atoms with van der Waals surface area (Å²) in [6.45, 7) is 0. The molecule has 94 valence electrons. The Balaban J connectivity index is 2.17. The summed E-state index contributed by atoms with van der Waals surface area (Å²) in [5.74, 6) is 0.794. The minimum Gasteiger partial charge on any atom is -0.341 e. The molecule has 2 heterocycles. The highest BCUT2D eigenvalue weighted by molar-refractivity contribution is 6.04. The molecule has 3 rings (SSSR count). The molecular formula is C15H13N3O. The molecule has 0 aliphatic heterocycles. The second-order valence-electron chi connectivity index (χ2n) is 4.32. The molecule has 0 aliphatic rings. The SMILES string of the molecule is CN(c1ccncc1)c1[nH]c2ccccc2c1C=O. The third-order valence-electron chi connectivity index (χ3n) is 3.23. The summed E-state index contributed by atoms with van der Waals surface area (Å²) in [7, 11) is 1.92. The molecule has 3 aromatic rings. The first kappa shape index (κ1) is 11.5. The predicted octanol–water partition coefficient (Wildman–Crippen LogP) is 3.14. The van der Waals surface area contributed by atoms with Gasteiger partial charge < -0.3 is 9.88 Å². The molecule has 1 aromatic carbocycles. The monoisotopic (exact) mass is 251 g/mol. The number of hydrogen-bond acceptors (Lipinski definition) is 3. The Morgan fingerprint density at radius 3 is 2.63 bits per heavy atom. The maximum Gasteiger partial charge on any atom is 0.154 e. The van der Waals surface area contributed by atoms with Gasteiger partial charge in [-0.2, -0.15) is 0 Å². The lowest BCUT2D eigenvalue weighted by Gasteiger charge is -2.18. The van der Waals surface area contributed by atoms with Gasteiger partial charge in [-0.15, -0.1) is 0 Å². The normalized spacial score (nSPS) is 10.6. The fourth-order valence-corrected chi connectivity index (χ4v) is 2.23. The van der Waals surface area contributed by atoms with Gasteiger partial charge in [0.15, 0.2) is 6.29 Å². The van der Waals surface area contributed by atoms with E-state index in [0.29, 0.717) is 5.56 Å². The van der Waals surface area contributed by atoms with Crippen molar-refractivity contribution in [2.45, 2.75) is 0 Å². The van der Waals surface area contributed by atoms with E-state index in [2.05, 4.69) is 9.97 Å². The zero-order valence-electron chi connectivity index (χ0n) is 10.5. The van der Waals surface area contributed by atoms with E-state index in [1.807, 2.05) is 48.3 Å². The molecule has 0 unspecified atom stereocenters. The summed E-state index contributed by atoms with van der Waals surface area (Å²) in [6.07, 6.45) is 4.36. The van der Waals surface area contributed by atoms with Crippen molar-refractivity contribution in [1.82, 2.24) is 9.97 Å². The minimum atomic E-state index is 0.676. The van der Waals surface area contributed by atoms with Crippen molar-refractivity contribution in [2.75, 3.05) is 11.9 Å². The summed E-state index contributed by atoms with van der Waals surface area (Å²) < 4.78 is 0. The van der Waals surface area contributed by atoms with Crippen LogP contribution in [0.1, 0.15) is 10.4 Å². The van der Waals surface area contributed by atoms with Crippen LogP contribution in [0.4, 0.5) is 11.5 Å². The number of para-hydroxylation sites is 1. The highest BCUT2D eigenvalue weighted by Crippen LogP contribution is 2.30. The van der Waals surface area contributed by atoms with Crippen molar-refractivity contribution in [2.24, 2.45) is 0 Å². The van der Waals surface area contributed by atoms with Crippen molar-refractivity contribution in [3.63, 3.8) is 0 Å². The Morgan fingerprint density at radius 2 is 1.89 bits per heavy atom. The van der Waals surface area contributed by atoms with E-state index >= 15 is 0 Å². The fourth-order valence-electron chi connectivity index (χ4n) is 2.23. The molecule has 19 heavy (non-hydrogen) atoms. The van der Waals surface area contributed by atoms with Crippen LogP contribution in [-0.4, -0.2) is 23.3 Å². The maximum absolute atomic E-state index is 11.4. The van der Waals surface area contributed by atoms with Crippen LogP contribution in [-0.2, 0) is 0 Å². The molecule has 0 saturated heterocycles. The molecule has 0 saturated carbocycles. The number of hydrogen-bond donors (Lipinski definition) is 1. The van der Waals surface area contributed by atoms with Gasteiger partial charge in [-0.1, -0.05) is 18.2 Å². The van der Waals surface area contributed by atoms with Crippen LogP contribution in [0.5, 0.6) is 0 Å². The number of carbonyl (C=O) groups is 1. The highest BCUT2D eigenvalue weighted by atomic mass is 16.1. The van der Waals surface area contributed by atoms with Crippen molar-refractivity contribution < 1.29 is 4.79 Å². The first-order chi connectivity index (χ1) is 9.31. The van der Waals surface area contributed by atoms with E-state index in [-0.39, 0.29) is 0 Å². The van der Waals surface area contributed by atoms with Crippen LogP contribution in [0.15, 0.2) is 48.8 Å². The number of benzene rings is 1. The number of H-pyrrole nitrogens is 1. The van der Waals surface area contributed by atoms with Gasteiger partial charge in [0.05, 0.1) is 5.56 Å². The van der Waals surface area contributed by atoms with Gasteiger partial charge in [-0.3, -0.25) is 9.78 Å². The number of rotatable bonds is 3. The van der Waals surface area contributed by atoms with Crippen LogP contribution >= 0.6 is 0 Å². The molecule has 4 nitrogen and oxygen atoms in total. The Labute approximate surface area is 110 Å². The summed E-state index contributed by atoms with van der Waals surface area (Å²) in [5, 5.41) is 0.938. The molecule has 0 spiro atoms. The average Bonchev–Trinajstić information content (AvgIpc) is 2.85. The van der Waals surface area contributed by atoms with E-state index in [0.717, 1.165) is 28.7 Å². The molecule has 0 radical (unpaired) electrons. The maximum atomic E-state index is 11.4. The molecule has 4 heteroatoms. The molecular weight excluding hydrogens is 238 g/mol. The predicted molar refractivity (Wildman–Crippen MR) is 76.0 cm³/mol. The first-order valence-corrected chi connectivity index (χ1v) is 6.01. The zero-order valence-corrected chi connectivity index (χ0v) is 10.5. The number of anilines is 2. The second-order valence-corrected chi connectivity index (χ2v) is 4.32. The van der Waals surface area contributed by atoms with Crippen LogP contribution in [0, 0.1) is 0 Å². The smallest absolute Gasteiger partial charge is 0.154 e. The summed E-state index contributed by atoms with van der Waals surface area (Å²) in [6, 6.07) is 11.6.